The van der Waals surface area contributed by atoms with Crippen LogP contribution in [0.25, 0.3) is 0 Å². The first-order valence-electron chi connectivity index (χ1n) is 7.03. The molecule has 0 bridgehead atoms. The average molecular weight is 260 g/mol. The SMILES string of the molecule is NCCc1nc([C@H](C2CCCC2)n2cccc2)no1. The summed E-state index contributed by atoms with van der Waals surface area (Å²) in [5.74, 6) is 2.05. The van der Waals surface area contributed by atoms with Gasteiger partial charge in [-0.25, -0.2) is 0 Å². The first kappa shape index (κ1) is 12.4. The van der Waals surface area contributed by atoms with Crippen molar-refractivity contribution in [2.45, 2.75) is 38.1 Å². The molecule has 3 rings (SSSR count). The van der Waals surface area contributed by atoms with Crippen LogP contribution in [0, 0.1) is 5.92 Å². The Morgan fingerprint density at radius 2 is 2.05 bits per heavy atom. The van der Waals surface area contributed by atoms with Gasteiger partial charge >= 0.3 is 0 Å². The highest BCUT2D eigenvalue weighted by molar-refractivity contribution is 5.05. The molecular formula is C14H20N4O. The molecule has 102 valence electrons. The van der Waals surface area contributed by atoms with Crippen molar-refractivity contribution in [2.24, 2.45) is 11.7 Å². The van der Waals surface area contributed by atoms with E-state index < -0.39 is 0 Å². The van der Waals surface area contributed by atoms with Gasteiger partial charge < -0.3 is 14.8 Å². The lowest BCUT2D eigenvalue weighted by molar-refractivity contribution is 0.335. The molecule has 1 aliphatic rings. The van der Waals surface area contributed by atoms with E-state index in [2.05, 4.69) is 27.1 Å². The highest BCUT2D eigenvalue weighted by Gasteiger charge is 2.30. The van der Waals surface area contributed by atoms with Crippen LogP contribution in [0.2, 0.25) is 0 Å². The largest absolute Gasteiger partial charge is 0.343 e. The molecule has 0 saturated heterocycles. The molecule has 5 heteroatoms. The summed E-state index contributed by atoms with van der Waals surface area (Å²) in [5.41, 5.74) is 5.53. The zero-order valence-electron chi connectivity index (χ0n) is 11.0. The van der Waals surface area contributed by atoms with Crippen LogP contribution in [0.3, 0.4) is 0 Å². The normalized spacial score (nSPS) is 17.9. The quantitative estimate of drug-likeness (QED) is 0.894. The Bertz CT molecular complexity index is 499. The molecule has 0 radical (unpaired) electrons. The van der Waals surface area contributed by atoms with Gasteiger partial charge in [-0.05, 0) is 30.9 Å². The molecule has 2 aromatic rings. The number of aromatic nitrogens is 3. The lowest BCUT2D eigenvalue weighted by atomic mass is 9.97. The summed E-state index contributed by atoms with van der Waals surface area (Å²) in [6, 6.07) is 4.29. The monoisotopic (exact) mass is 260 g/mol. The molecular weight excluding hydrogens is 240 g/mol. The summed E-state index contributed by atoms with van der Waals surface area (Å²) in [7, 11) is 0. The summed E-state index contributed by atoms with van der Waals surface area (Å²) in [5, 5.41) is 4.17. The lowest BCUT2D eigenvalue weighted by Gasteiger charge is -2.21. The van der Waals surface area contributed by atoms with E-state index in [4.69, 9.17) is 10.3 Å². The maximum atomic E-state index is 5.53. The smallest absolute Gasteiger partial charge is 0.227 e. The molecule has 0 aliphatic heterocycles. The van der Waals surface area contributed by atoms with Crippen LogP contribution in [0.15, 0.2) is 29.0 Å². The second-order valence-electron chi connectivity index (χ2n) is 5.20. The predicted octanol–water partition coefficient (Wildman–Crippen LogP) is 2.15. The average Bonchev–Trinajstić information content (AvgIpc) is 3.13. The third kappa shape index (κ3) is 2.56. The topological polar surface area (TPSA) is 69.9 Å². The van der Waals surface area contributed by atoms with E-state index in [1.165, 1.54) is 25.7 Å². The first-order valence-corrected chi connectivity index (χ1v) is 7.03. The molecule has 1 saturated carbocycles. The van der Waals surface area contributed by atoms with Crippen molar-refractivity contribution < 1.29 is 4.52 Å². The van der Waals surface area contributed by atoms with Crippen LogP contribution >= 0.6 is 0 Å². The molecule has 2 heterocycles. The van der Waals surface area contributed by atoms with E-state index in [0.717, 1.165) is 5.82 Å². The van der Waals surface area contributed by atoms with Crippen molar-refractivity contribution in [3.63, 3.8) is 0 Å². The number of hydrogen-bond acceptors (Lipinski definition) is 4. The Morgan fingerprint density at radius 1 is 1.32 bits per heavy atom. The molecule has 2 aromatic heterocycles. The third-order valence-corrected chi connectivity index (χ3v) is 3.90. The lowest BCUT2D eigenvalue weighted by Crippen LogP contribution is -2.19. The Morgan fingerprint density at radius 3 is 2.74 bits per heavy atom. The highest BCUT2D eigenvalue weighted by atomic mass is 16.5. The van der Waals surface area contributed by atoms with Crippen molar-refractivity contribution in [2.75, 3.05) is 6.54 Å². The van der Waals surface area contributed by atoms with Crippen LogP contribution in [0.4, 0.5) is 0 Å². The van der Waals surface area contributed by atoms with Gasteiger partial charge in [0.05, 0.1) is 6.04 Å². The van der Waals surface area contributed by atoms with Gasteiger partial charge in [0.2, 0.25) is 5.89 Å². The number of nitrogens with two attached hydrogens (primary N) is 1. The fraction of sp³-hybridized carbons (Fsp3) is 0.571. The Kier molecular flexibility index (Phi) is 3.64. The maximum absolute atomic E-state index is 5.53. The standard InChI is InChI=1S/C14H20N4O/c15-8-7-12-16-14(17-19-12)13(11-5-1-2-6-11)18-9-3-4-10-18/h3-4,9-11,13H,1-2,5-8,15H2/t13-/m0/s1. The molecule has 1 atom stereocenters. The molecule has 0 spiro atoms. The minimum atomic E-state index is 0.202. The van der Waals surface area contributed by atoms with Crippen molar-refractivity contribution in [1.29, 1.82) is 0 Å². The molecule has 0 amide bonds. The summed E-state index contributed by atoms with van der Waals surface area (Å²) < 4.78 is 7.49. The van der Waals surface area contributed by atoms with Gasteiger partial charge in [0, 0.05) is 25.4 Å². The summed E-state index contributed by atoms with van der Waals surface area (Å²) >= 11 is 0. The zero-order chi connectivity index (χ0) is 13.1. The van der Waals surface area contributed by atoms with E-state index in [1.54, 1.807) is 0 Å². The maximum Gasteiger partial charge on any atom is 0.227 e. The summed E-state index contributed by atoms with van der Waals surface area (Å²) in [6.45, 7) is 0.541. The predicted molar refractivity (Wildman–Crippen MR) is 71.6 cm³/mol. The molecule has 1 aliphatic carbocycles. The number of nitrogens with zero attached hydrogens (tertiary/aromatic N) is 3. The minimum absolute atomic E-state index is 0.202. The van der Waals surface area contributed by atoms with Crippen LogP contribution in [0.1, 0.15) is 43.4 Å². The number of rotatable bonds is 5. The highest BCUT2D eigenvalue weighted by Crippen LogP contribution is 2.37. The van der Waals surface area contributed by atoms with Gasteiger partial charge in [-0.2, -0.15) is 4.98 Å². The van der Waals surface area contributed by atoms with Crippen LogP contribution < -0.4 is 5.73 Å². The summed E-state index contributed by atoms with van der Waals surface area (Å²) in [4.78, 5) is 4.52. The molecule has 1 fully saturated rings. The van der Waals surface area contributed by atoms with Crippen LogP contribution in [-0.2, 0) is 6.42 Å². The van der Waals surface area contributed by atoms with Crippen molar-refractivity contribution in [3.05, 3.63) is 36.2 Å². The Balaban J connectivity index is 1.89. The second kappa shape index (κ2) is 5.57. The van der Waals surface area contributed by atoms with Gasteiger partial charge in [-0.1, -0.05) is 18.0 Å². The second-order valence-corrected chi connectivity index (χ2v) is 5.20. The number of hydrogen-bond donors (Lipinski definition) is 1. The molecule has 0 unspecified atom stereocenters. The van der Waals surface area contributed by atoms with Gasteiger partial charge in [-0.15, -0.1) is 0 Å². The van der Waals surface area contributed by atoms with Crippen LogP contribution in [0.5, 0.6) is 0 Å². The van der Waals surface area contributed by atoms with E-state index in [9.17, 15) is 0 Å². The van der Waals surface area contributed by atoms with Gasteiger partial charge in [0.15, 0.2) is 5.82 Å². The van der Waals surface area contributed by atoms with E-state index in [1.807, 2.05) is 12.1 Å². The van der Waals surface area contributed by atoms with Gasteiger partial charge in [0.1, 0.15) is 0 Å². The summed E-state index contributed by atoms with van der Waals surface area (Å²) in [6.07, 6.45) is 9.90. The molecule has 2 N–H and O–H groups in total. The van der Waals surface area contributed by atoms with E-state index >= 15 is 0 Å². The fourth-order valence-corrected chi connectivity index (χ4v) is 3.01. The van der Waals surface area contributed by atoms with Gasteiger partial charge in [0.25, 0.3) is 0 Å². The Hall–Kier alpha value is -1.62. The molecule has 5 nitrogen and oxygen atoms in total. The van der Waals surface area contributed by atoms with E-state index in [-0.39, 0.29) is 6.04 Å². The fourth-order valence-electron chi connectivity index (χ4n) is 3.01. The van der Waals surface area contributed by atoms with Crippen molar-refractivity contribution in [3.8, 4) is 0 Å². The minimum Gasteiger partial charge on any atom is -0.343 e. The molecule has 19 heavy (non-hydrogen) atoms. The van der Waals surface area contributed by atoms with Crippen molar-refractivity contribution >= 4 is 0 Å². The van der Waals surface area contributed by atoms with Crippen LogP contribution in [-0.4, -0.2) is 21.3 Å². The zero-order valence-corrected chi connectivity index (χ0v) is 11.0. The Labute approximate surface area is 112 Å². The van der Waals surface area contributed by atoms with Crippen molar-refractivity contribution in [1.82, 2.24) is 14.7 Å². The molecule has 0 aromatic carbocycles. The van der Waals surface area contributed by atoms with E-state index in [0.29, 0.717) is 24.8 Å². The van der Waals surface area contributed by atoms with Gasteiger partial charge in [-0.3, -0.25) is 0 Å². The third-order valence-electron chi connectivity index (χ3n) is 3.90. The first-order chi connectivity index (χ1) is 9.38.